The molecule has 0 saturated heterocycles. The molecular weight excluding hydrogens is 520 g/mol. The zero-order chi connectivity index (χ0) is 26.6. The fourth-order valence-electron chi connectivity index (χ4n) is 3.90. The maximum atomic E-state index is 12.4. The van der Waals surface area contributed by atoms with E-state index >= 15 is 0 Å². The van der Waals surface area contributed by atoms with E-state index in [0.29, 0.717) is 24.0 Å². The van der Waals surface area contributed by atoms with Gasteiger partial charge in [-0.3, -0.25) is 23.4 Å². The zero-order valence-corrected chi connectivity index (χ0v) is 22.9. The van der Waals surface area contributed by atoms with Gasteiger partial charge in [0.25, 0.3) is 11.8 Å². The molecule has 0 spiro atoms. The van der Waals surface area contributed by atoms with Crippen molar-refractivity contribution in [3.63, 3.8) is 0 Å². The molecule has 35 heavy (non-hydrogen) atoms. The maximum absolute atomic E-state index is 12.4. The van der Waals surface area contributed by atoms with Crippen molar-refractivity contribution in [2.24, 2.45) is 17.3 Å². The number of phosphoric ester groups is 1. The summed E-state index contributed by atoms with van der Waals surface area (Å²) in [6, 6.07) is 0. The third-order valence-electron chi connectivity index (χ3n) is 5.91. The first kappa shape index (κ1) is 29.3. The van der Waals surface area contributed by atoms with Crippen molar-refractivity contribution < 1.29 is 37.3 Å². The van der Waals surface area contributed by atoms with E-state index < -0.39 is 7.82 Å². The molecule has 1 saturated carbocycles. The third-order valence-corrected chi connectivity index (χ3v) is 7.35. The SMILES string of the molecule is CC(C)=CC1C(C(=O)OCN2C(=O)C3=C(CC=CC3)C2=O)C1(C)C.COP(=O)(OC)OC=C(Cl)Cl. The molecule has 0 radical (unpaired) electrons. The normalized spacial score (nSPS) is 22.1. The van der Waals surface area contributed by atoms with E-state index in [4.69, 9.17) is 27.9 Å². The summed E-state index contributed by atoms with van der Waals surface area (Å²) in [4.78, 5) is 38.0. The number of amides is 2. The van der Waals surface area contributed by atoms with Gasteiger partial charge in [0.2, 0.25) is 0 Å². The van der Waals surface area contributed by atoms with E-state index in [1.54, 1.807) is 0 Å². The first-order valence-corrected chi connectivity index (χ1v) is 13.0. The Morgan fingerprint density at radius 1 is 1.11 bits per heavy atom. The van der Waals surface area contributed by atoms with Crippen LogP contribution in [0, 0.1) is 17.3 Å². The lowest BCUT2D eigenvalue weighted by atomic mass is 9.99. The average Bonchev–Trinajstić information content (AvgIpc) is 3.25. The molecule has 194 valence electrons. The Morgan fingerprint density at radius 3 is 2.06 bits per heavy atom. The number of hydrogen-bond acceptors (Lipinski definition) is 8. The van der Waals surface area contributed by atoms with Crippen LogP contribution >= 0.6 is 31.0 Å². The number of hydrogen-bond donors (Lipinski definition) is 0. The number of rotatable bonds is 8. The molecule has 0 aromatic heterocycles. The van der Waals surface area contributed by atoms with Crippen molar-refractivity contribution in [2.75, 3.05) is 21.0 Å². The number of halogens is 2. The summed E-state index contributed by atoms with van der Waals surface area (Å²) in [5.74, 6) is -1.07. The monoisotopic (exact) mass is 549 g/mol. The molecule has 1 heterocycles. The molecule has 1 fully saturated rings. The Balaban J connectivity index is 0.000000334. The lowest BCUT2D eigenvalue weighted by molar-refractivity contribution is -0.156. The fourth-order valence-corrected chi connectivity index (χ4v) is 4.67. The van der Waals surface area contributed by atoms with Crippen LogP contribution in [0.3, 0.4) is 0 Å². The van der Waals surface area contributed by atoms with Crippen LogP contribution in [0.25, 0.3) is 0 Å². The maximum Gasteiger partial charge on any atom is 0.529 e. The summed E-state index contributed by atoms with van der Waals surface area (Å²) in [6.07, 6.45) is 7.68. The molecule has 9 nitrogen and oxygen atoms in total. The number of phosphoric acid groups is 1. The standard InChI is InChI=1S/C19H23NO4.C4H7Cl2O4P/c1-11(2)9-14-15(19(14,3)4)18(23)24-10-20-16(21)12-7-5-6-8-13(12)17(20)22;1-8-11(7,9-2)10-3-4(5)6/h5-6,9,14-15H,7-8,10H2,1-4H3;3H,1-2H3. The van der Waals surface area contributed by atoms with Gasteiger partial charge >= 0.3 is 13.8 Å². The summed E-state index contributed by atoms with van der Waals surface area (Å²) < 4.78 is 29.4. The van der Waals surface area contributed by atoms with Crippen LogP contribution in [0.1, 0.15) is 40.5 Å². The number of carbonyl (C=O) groups is 3. The molecule has 12 heteroatoms. The van der Waals surface area contributed by atoms with Crippen LogP contribution in [0.15, 0.2) is 45.7 Å². The molecule has 0 aromatic rings. The lowest BCUT2D eigenvalue weighted by Gasteiger charge is -2.15. The number of esters is 1. The zero-order valence-electron chi connectivity index (χ0n) is 20.5. The highest BCUT2D eigenvalue weighted by molar-refractivity contribution is 7.48. The molecule has 2 atom stereocenters. The Kier molecular flexibility index (Phi) is 9.96. The van der Waals surface area contributed by atoms with Gasteiger partial charge < -0.3 is 9.26 Å². The van der Waals surface area contributed by atoms with Crippen molar-refractivity contribution in [2.45, 2.75) is 40.5 Å². The highest BCUT2D eigenvalue weighted by Gasteiger charge is 2.61. The van der Waals surface area contributed by atoms with Crippen molar-refractivity contribution >= 4 is 48.8 Å². The van der Waals surface area contributed by atoms with Crippen LogP contribution in [-0.2, 0) is 37.3 Å². The number of nitrogens with zero attached hydrogens (tertiary/aromatic N) is 1. The number of imide groups is 1. The van der Waals surface area contributed by atoms with Gasteiger partial charge in [-0.05, 0) is 38.0 Å². The largest absolute Gasteiger partial charge is 0.529 e. The minimum absolute atomic E-state index is 0.144. The summed E-state index contributed by atoms with van der Waals surface area (Å²) in [7, 11) is -1.12. The minimum atomic E-state index is -3.48. The van der Waals surface area contributed by atoms with E-state index in [2.05, 4.69) is 19.6 Å². The first-order valence-electron chi connectivity index (χ1n) is 10.7. The fraction of sp³-hybridized carbons (Fsp3) is 0.522. The highest BCUT2D eigenvalue weighted by Crippen LogP contribution is 2.59. The van der Waals surface area contributed by atoms with Crippen LogP contribution in [0.4, 0.5) is 0 Å². The Labute approximate surface area is 215 Å². The third kappa shape index (κ3) is 7.08. The Hall–Kier alpha value is -1.90. The number of ether oxygens (including phenoxy) is 1. The topological polar surface area (TPSA) is 108 Å². The Morgan fingerprint density at radius 2 is 1.63 bits per heavy atom. The Bertz CT molecular complexity index is 1000. The van der Waals surface area contributed by atoms with Crippen molar-refractivity contribution in [1.29, 1.82) is 0 Å². The predicted octanol–water partition coefficient (Wildman–Crippen LogP) is 5.42. The van der Waals surface area contributed by atoms with E-state index in [1.807, 2.05) is 39.8 Å². The van der Waals surface area contributed by atoms with Crippen molar-refractivity contribution in [1.82, 2.24) is 4.90 Å². The van der Waals surface area contributed by atoms with Crippen LogP contribution < -0.4 is 0 Å². The second-order valence-electron chi connectivity index (χ2n) is 8.86. The molecule has 2 unspecified atom stereocenters. The molecule has 2 amide bonds. The van der Waals surface area contributed by atoms with E-state index in [0.717, 1.165) is 16.7 Å². The molecule has 3 rings (SSSR count). The molecule has 1 aliphatic heterocycles. The van der Waals surface area contributed by atoms with Gasteiger partial charge in [0.1, 0.15) is 10.8 Å². The lowest BCUT2D eigenvalue weighted by Crippen LogP contribution is -2.35. The average molecular weight is 550 g/mol. The highest BCUT2D eigenvalue weighted by atomic mass is 35.5. The van der Waals surface area contributed by atoms with Crippen molar-refractivity contribution in [3.8, 4) is 0 Å². The summed E-state index contributed by atoms with van der Waals surface area (Å²) in [6.45, 7) is 7.77. The first-order chi connectivity index (χ1) is 16.3. The smallest absolute Gasteiger partial charge is 0.443 e. The van der Waals surface area contributed by atoms with Gasteiger partial charge in [0, 0.05) is 25.4 Å². The van der Waals surface area contributed by atoms with Crippen LogP contribution in [0.5, 0.6) is 0 Å². The predicted molar refractivity (Wildman–Crippen MR) is 131 cm³/mol. The van der Waals surface area contributed by atoms with E-state index in [1.165, 1.54) is 14.2 Å². The number of carbonyl (C=O) groups excluding carboxylic acids is 3. The molecule has 0 N–H and O–H groups in total. The van der Waals surface area contributed by atoms with Crippen molar-refractivity contribution in [3.05, 3.63) is 45.7 Å². The molecule has 3 aliphatic rings. The van der Waals surface area contributed by atoms with Gasteiger partial charge in [0.15, 0.2) is 6.73 Å². The quantitative estimate of drug-likeness (QED) is 0.130. The second kappa shape index (κ2) is 11.9. The van der Waals surface area contributed by atoms with Gasteiger partial charge in [-0.25, -0.2) is 9.46 Å². The van der Waals surface area contributed by atoms with Gasteiger partial charge in [-0.15, -0.1) is 0 Å². The molecule has 2 aliphatic carbocycles. The van der Waals surface area contributed by atoms with E-state index in [-0.39, 0.29) is 46.3 Å². The molecule has 0 aromatic carbocycles. The van der Waals surface area contributed by atoms with Gasteiger partial charge in [-0.1, -0.05) is 60.9 Å². The van der Waals surface area contributed by atoms with Gasteiger partial charge in [-0.2, -0.15) is 0 Å². The van der Waals surface area contributed by atoms with E-state index in [9.17, 15) is 18.9 Å². The second-order valence-corrected chi connectivity index (χ2v) is 11.7. The summed E-state index contributed by atoms with van der Waals surface area (Å²) in [5, 5.41) is 0. The molecular formula is C23H30Cl2NO8P. The minimum Gasteiger partial charge on any atom is -0.443 e. The van der Waals surface area contributed by atoms with Crippen LogP contribution in [0.2, 0.25) is 0 Å². The summed E-state index contributed by atoms with van der Waals surface area (Å²) in [5.41, 5.74) is 2.09. The molecule has 0 bridgehead atoms. The van der Waals surface area contributed by atoms with Gasteiger partial charge in [0.05, 0.1) is 5.92 Å². The summed E-state index contributed by atoms with van der Waals surface area (Å²) >= 11 is 10.3. The number of allylic oxidation sites excluding steroid dienone is 4. The van der Waals surface area contributed by atoms with Crippen LogP contribution in [-0.4, -0.2) is 43.6 Å².